The lowest BCUT2D eigenvalue weighted by Gasteiger charge is -2.23. The van der Waals surface area contributed by atoms with Gasteiger partial charge in [-0.25, -0.2) is 13.2 Å². The van der Waals surface area contributed by atoms with Gasteiger partial charge < -0.3 is 10.4 Å². The third kappa shape index (κ3) is 3.03. The van der Waals surface area contributed by atoms with Gasteiger partial charge >= 0.3 is 5.97 Å². The molecule has 0 radical (unpaired) electrons. The number of carboxylic acid groups (broad SMARTS) is 1. The molecule has 1 unspecified atom stereocenters. The number of fused-ring (bicyclic) bond motifs is 1. The zero-order valence-electron chi connectivity index (χ0n) is 13.6. The van der Waals surface area contributed by atoms with Gasteiger partial charge in [0.15, 0.2) is 0 Å². The minimum absolute atomic E-state index is 0.00565. The third-order valence-electron chi connectivity index (χ3n) is 4.52. The summed E-state index contributed by atoms with van der Waals surface area (Å²) in [6, 6.07) is -0.172. The molecule has 1 aromatic heterocycles. The number of nitrogens with one attached hydrogen (secondary N) is 1. The van der Waals surface area contributed by atoms with Crippen molar-refractivity contribution in [3.05, 3.63) is 28.2 Å². The Bertz CT molecular complexity index is 767. The van der Waals surface area contributed by atoms with Gasteiger partial charge in [0.25, 0.3) is 10.0 Å². The molecule has 2 N–H and O–H groups in total. The fourth-order valence-electron chi connectivity index (χ4n) is 3.30. The Hall–Kier alpha value is -1.22. The number of hydrogen-bond acceptors (Lipinski definition) is 5. The van der Waals surface area contributed by atoms with E-state index in [1.807, 2.05) is 12.2 Å². The number of aromatic carboxylic acids is 1. The molecule has 24 heavy (non-hydrogen) atoms. The number of thiophene rings is 1. The van der Waals surface area contributed by atoms with Crippen LogP contribution in [0.3, 0.4) is 0 Å². The largest absolute Gasteiger partial charge is 0.478 e. The van der Waals surface area contributed by atoms with Crippen molar-refractivity contribution < 1.29 is 18.3 Å². The van der Waals surface area contributed by atoms with Gasteiger partial charge in [0.2, 0.25) is 0 Å². The molecule has 1 aromatic rings. The summed E-state index contributed by atoms with van der Waals surface area (Å²) in [7, 11) is -3.81. The highest BCUT2D eigenvalue weighted by atomic mass is 32.2. The smallest absolute Gasteiger partial charge is 0.338 e. The molecular formula is C16H22N2O4S2. The van der Waals surface area contributed by atoms with Crippen molar-refractivity contribution in [3.8, 4) is 0 Å². The molecule has 0 bridgehead atoms. The van der Waals surface area contributed by atoms with Crippen LogP contribution in [0.25, 0.3) is 0 Å². The minimum Gasteiger partial charge on any atom is -0.478 e. The predicted molar refractivity (Wildman–Crippen MR) is 93.0 cm³/mol. The van der Waals surface area contributed by atoms with E-state index in [1.54, 1.807) is 0 Å². The van der Waals surface area contributed by atoms with Gasteiger partial charge in [-0.15, -0.1) is 11.3 Å². The molecule has 2 aliphatic heterocycles. The van der Waals surface area contributed by atoms with Crippen LogP contribution in [0, 0.1) is 0 Å². The summed E-state index contributed by atoms with van der Waals surface area (Å²) in [4.78, 5) is 12.6. The van der Waals surface area contributed by atoms with Crippen LogP contribution in [0.15, 0.2) is 16.4 Å². The van der Waals surface area contributed by atoms with Crippen LogP contribution < -0.4 is 5.32 Å². The second-order valence-electron chi connectivity index (χ2n) is 6.11. The minimum atomic E-state index is -3.81. The van der Waals surface area contributed by atoms with Gasteiger partial charge in [-0.3, -0.25) is 0 Å². The molecule has 3 heterocycles. The standard InChI is InChI=1S/C16H22N2O4S2/c1-2-3-5-11-6-4-9-18(11)24(21,22)16-14(15(19)20)12-7-8-17-10-13(12)23-16/h4,6,11,17H,2-3,5,7-10H2,1H3,(H,19,20). The summed E-state index contributed by atoms with van der Waals surface area (Å²) in [5.41, 5.74) is 0.666. The van der Waals surface area contributed by atoms with E-state index in [9.17, 15) is 18.3 Å². The summed E-state index contributed by atoms with van der Waals surface area (Å²) in [5.74, 6) is -1.15. The Labute approximate surface area is 146 Å². The normalized spacial score (nSPS) is 21.1. The Morgan fingerprint density at radius 2 is 2.29 bits per heavy atom. The van der Waals surface area contributed by atoms with Crippen molar-refractivity contribution in [3.63, 3.8) is 0 Å². The number of unbranched alkanes of at least 4 members (excludes halogenated alkanes) is 1. The summed E-state index contributed by atoms with van der Waals surface area (Å²) < 4.78 is 27.8. The first-order chi connectivity index (χ1) is 11.5. The maximum atomic E-state index is 13.2. The number of sulfonamides is 1. The second kappa shape index (κ2) is 6.95. The fourth-order valence-corrected chi connectivity index (χ4v) is 6.84. The zero-order chi connectivity index (χ0) is 17.3. The van der Waals surface area contributed by atoms with Gasteiger partial charge in [0.05, 0.1) is 5.56 Å². The van der Waals surface area contributed by atoms with Gasteiger partial charge in [0, 0.05) is 24.0 Å². The Kier molecular flexibility index (Phi) is 5.10. The maximum absolute atomic E-state index is 13.2. The molecule has 0 fully saturated rings. The molecule has 0 saturated carbocycles. The predicted octanol–water partition coefficient (Wildman–Crippen LogP) is 2.21. The third-order valence-corrected chi connectivity index (χ3v) is 8.14. The topological polar surface area (TPSA) is 86.7 Å². The van der Waals surface area contributed by atoms with Crippen LogP contribution in [-0.4, -0.2) is 42.9 Å². The fraction of sp³-hybridized carbons (Fsp3) is 0.562. The van der Waals surface area contributed by atoms with Crippen molar-refractivity contribution in [2.45, 2.75) is 49.4 Å². The van der Waals surface area contributed by atoms with E-state index < -0.39 is 16.0 Å². The Morgan fingerprint density at radius 3 is 3.00 bits per heavy atom. The molecule has 3 rings (SSSR count). The van der Waals surface area contributed by atoms with E-state index in [-0.39, 0.29) is 15.8 Å². The molecule has 6 nitrogen and oxygen atoms in total. The molecular weight excluding hydrogens is 348 g/mol. The van der Waals surface area contributed by atoms with Crippen LogP contribution in [-0.2, 0) is 23.0 Å². The van der Waals surface area contributed by atoms with Crippen molar-refractivity contribution in [1.82, 2.24) is 9.62 Å². The van der Waals surface area contributed by atoms with Gasteiger partial charge in [0.1, 0.15) is 4.21 Å². The van der Waals surface area contributed by atoms with Gasteiger partial charge in [-0.2, -0.15) is 4.31 Å². The lowest BCUT2D eigenvalue weighted by molar-refractivity contribution is 0.0692. The molecule has 2 aliphatic rings. The molecule has 0 saturated heterocycles. The lowest BCUT2D eigenvalue weighted by Crippen LogP contribution is -2.36. The Balaban J connectivity index is 2.01. The van der Waals surface area contributed by atoms with Crippen molar-refractivity contribution in [1.29, 1.82) is 0 Å². The van der Waals surface area contributed by atoms with E-state index in [0.29, 0.717) is 31.6 Å². The van der Waals surface area contributed by atoms with E-state index in [1.165, 1.54) is 4.31 Å². The monoisotopic (exact) mass is 370 g/mol. The first-order valence-corrected chi connectivity index (χ1v) is 10.5. The molecule has 1 atom stereocenters. The number of carbonyl (C=O) groups is 1. The van der Waals surface area contributed by atoms with Crippen molar-refractivity contribution >= 4 is 27.3 Å². The average Bonchev–Trinajstić information content (AvgIpc) is 3.17. The average molecular weight is 370 g/mol. The van der Waals surface area contributed by atoms with E-state index >= 15 is 0 Å². The van der Waals surface area contributed by atoms with Crippen LogP contribution >= 0.6 is 11.3 Å². The first kappa shape index (κ1) is 17.6. The van der Waals surface area contributed by atoms with Crippen LogP contribution in [0.5, 0.6) is 0 Å². The second-order valence-corrected chi connectivity index (χ2v) is 9.30. The van der Waals surface area contributed by atoms with Gasteiger partial charge in [-0.05, 0) is 24.9 Å². The highest BCUT2D eigenvalue weighted by molar-refractivity contribution is 7.91. The molecule has 0 aliphatic carbocycles. The van der Waals surface area contributed by atoms with E-state index in [0.717, 1.165) is 35.5 Å². The van der Waals surface area contributed by atoms with Crippen LogP contribution in [0.2, 0.25) is 0 Å². The summed E-state index contributed by atoms with van der Waals surface area (Å²) in [6.07, 6.45) is 7.03. The summed E-state index contributed by atoms with van der Waals surface area (Å²) in [5, 5.41) is 12.8. The highest BCUT2D eigenvalue weighted by Crippen LogP contribution is 2.37. The molecule has 0 aromatic carbocycles. The molecule has 0 spiro atoms. The van der Waals surface area contributed by atoms with E-state index in [2.05, 4.69) is 12.2 Å². The zero-order valence-corrected chi connectivity index (χ0v) is 15.3. The highest BCUT2D eigenvalue weighted by Gasteiger charge is 2.38. The van der Waals surface area contributed by atoms with Gasteiger partial charge in [-0.1, -0.05) is 31.9 Å². The van der Waals surface area contributed by atoms with Crippen LogP contribution in [0.4, 0.5) is 0 Å². The molecule has 132 valence electrons. The van der Waals surface area contributed by atoms with E-state index in [4.69, 9.17) is 0 Å². The Morgan fingerprint density at radius 1 is 1.50 bits per heavy atom. The quantitative estimate of drug-likeness (QED) is 0.750. The summed E-state index contributed by atoms with van der Waals surface area (Å²) in [6.45, 7) is 3.60. The number of nitrogens with zero attached hydrogens (tertiary/aromatic N) is 1. The summed E-state index contributed by atoms with van der Waals surface area (Å²) >= 11 is 1.11. The number of hydrogen-bond donors (Lipinski definition) is 2. The van der Waals surface area contributed by atoms with Crippen LogP contribution in [0.1, 0.15) is 47.0 Å². The van der Waals surface area contributed by atoms with Crippen molar-refractivity contribution in [2.75, 3.05) is 13.1 Å². The number of rotatable bonds is 6. The SMILES string of the molecule is CCCCC1C=CCN1S(=O)(=O)c1sc2c(c1C(=O)O)CCNC2. The van der Waals surface area contributed by atoms with Crippen molar-refractivity contribution in [2.24, 2.45) is 0 Å². The molecule has 0 amide bonds. The number of carboxylic acids is 1. The first-order valence-electron chi connectivity index (χ1n) is 8.23. The molecule has 8 heteroatoms. The maximum Gasteiger partial charge on any atom is 0.338 e. The lowest BCUT2D eigenvalue weighted by atomic mass is 10.1.